The van der Waals surface area contributed by atoms with Gasteiger partial charge in [0, 0.05) is 5.69 Å². The van der Waals surface area contributed by atoms with Crippen LogP contribution in [0.25, 0.3) is 0 Å². The molecule has 0 amide bonds. The first-order valence-corrected chi connectivity index (χ1v) is 8.53. The second kappa shape index (κ2) is 3.67. The highest BCUT2D eigenvalue weighted by Gasteiger charge is 2.41. The first kappa shape index (κ1) is 10.7. The van der Waals surface area contributed by atoms with Gasteiger partial charge in [-0.3, -0.25) is 0 Å². The lowest BCUT2D eigenvalue weighted by atomic mass is 10.1. The number of hydrogen-bond donors (Lipinski definition) is 0. The summed E-state index contributed by atoms with van der Waals surface area (Å²) in [5, 5.41) is 0. The van der Waals surface area contributed by atoms with E-state index in [-0.39, 0.29) is 0 Å². The second-order valence-electron chi connectivity index (χ2n) is 4.80. The van der Waals surface area contributed by atoms with Gasteiger partial charge >= 0.3 is 0 Å². The van der Waals surface area contributed by atoms with Gasteiger partial charge < -0.3 is 4.57 Å². The van der Waals surface area contributed by atoms with Crippen LogP contribution in [0.5, 0.6) is 0 Å². The summed E-state index contributed by atoms with van der Waals surface area (Å²) in [6.45, 7) is 6.92. The summed E-state index contributed by atoms with van der Waals surface area (Å²) in [5.74, 6) is 0. The van der Waals surface area contributed by atoms with Crippen LogP contribution >= 0.6 is 0 Å². The number of benzene rings is 1. The maximum absolute atomic E-state index is 2.63. The monoisotopic (exact) mass is 219 g/mol. The van der Waals surface area contributed by atoms with E-state index in [9.17, 15) is 0 Å². The van der Waals surface area contributed by atoms with E-state index in [1.54, 1.807) is 5.56 Å². The first-order valence-electron chi connectivity index (χ1n) is 5.96. The number of hydrogen-bond acceptors (Lipinski definition) is 1. The van der Waals surface area contributed by atoms with Crippen LogP contribution in [0.15, 0.2) is 18.2 Å². The van der Waals surface area contributed by atoms with Gasteiger partial charge in [0.25, 0.3) is 0 Å². The molecule has 0 N–H and O–H groups in total. The van der Waals surface area contributed by atoms with Crippen molar-refractivity contribution in [2.24, 2.45) is 0 Å². The minimum Gasteiger partial charge on any atom is -0.399 e. The van der Waals surface area contributed by atoms with Gasteiger partial charge in [0.05, 0.1) is 0 Å². The fraction of sp³-hybridized carbons (Fsp3) is 0.538. The predicted molar refractivity (Wildman–Crippen MR) is 70.0 cm³/mol. The molecule has 0 aromatic heterocycles. The molecule has 1 heterocycles. The van der Waals surface area contributed by atoms with Crippen molar-refractivity contribution in [2.75, 3.05) is 11.6 Å². The summed E-state index contributed by atoms with van der Waals surface area (Å²) in [6.07, 6.45) is 0. The van der Waals surface area contributed by atoms with E-state index in [2.05, 4.69) is 50.6 Å². The minimum absolute atomic E-state index is 1.18. The fourth-order valence-corrected chi connectivity index (χ4v) is 6.75. The van der Waals surface area contributed by atoms with Crippen LogP contribution in [0, 0.1) is 6.92 Å². The second-order valence-corrected chi connectivity index (χ2v) is 9.69. The molecule has 2 heteroatoms. The Bertz CT molecular complexity index is 369. The maximum atomic E-state index is 2.63. The Kier molecular flexibility index (Phi) is 2.63. The van der Waals surface area contributed by atoms with Gasteiger partial charge in [-0.1, -0.05) is 26.0 Å². The molecule has 0 bridgehead atoms. The van der Waals surface area contributed by atoms with Crippen molar-refractivity contribution in [1.82, 2.24) is 0 Å². The summed E-state index contributed by atoms with van der Waals surface area (Å²) >= 11 is 0. The Labute approximate surface area is 94.2 Å². The number of nitrogens with zero attached hydrogens (tertiary/aromatic N) is 1. The summed E-state index contributed by atoms with van der Waals surface area (Å²) in [5.41, 5.74) is 4.47. The molecule has 1 aromatic rings. The van der Waals surface area contributed by atoms with Crippen LogP contribution in [-0.4, -0.2) is 15.3 Å². The standard InChI is InChI=1S/C13H21NSi/c1-5-15(6-2)10-12-8-7-11(3)9-13(12)14(15)4/h7-9H,5-6,10H2,1-4H3. The van der Waals surface area contributed by atoms with Crippen molar-refractivity contribution < 1.29 is 0 Å². The Morgan fingerprint density at radius 2 is 1.93 bits per heavy atom. The van der Waals surface area contributed by atoms with Crippen LogP contribution in [0.1, 0.15) is 25.0 Å². The van der Waals surface area contributed by atoms with Gasteiger partial charge in [-0.2, -0.15) is 0 Å². The maximum Gasteiger partial charge on any atom is 0.160 e. The third-order valence-electron chi connectivity index (χ3n) is 4.15. The molecule has 0 radical (unpaired) electrons. The van der Waals surface area contributed by atoms with Crippen LogP contribution in [-0.2, 0) is 6.04 Å². The molecule has 0 unspecified atom stereocenters. The molecule has 1 nitrogen and oxygen atoms in total. The van der Waals surface area contributed by atoms with E-state index in [0.29, 0.717) is 0 Å². The van der Waals surface area contributed by atoms with E-state index in [1.807, 2.05) is 0 Å². The normalized spacial score (nSPS) is 18.0. The highest BCUT2D eigenvalue weighted by atomic mass is 28.3. The van der Waals surface area contributed by atoms with Crippen molar-refractivity contribution in [1.29, 1.82) is 0 Å². The van der Waals surface area contributed by atoms with Crippen LogP contribution in [0.4, 0.5) is 5.69 Å². The molecule has 0 atom stereocenters. The topological polar surface area (TPSA) is 3.24 Å². The summed E-state index contributed by atoms with van der Waals surface area (Å²) < 4.78 is 2.63. The summed E-state index contributed by atoms with van der Waals surface area (Å²) in [7, 11) is 1.13. The molecule has 0 aliphatic carbocycles. The Morgan fingerprint density at radius 3 is 2.53 bits per heavy atom. The fourth-order valence-electron chi connectivity index (χ4n) is 2.84. The SMILES string of the molecule is CC[Si]1(CC)Cc2ccc(C)cc2N1C. The quantitative estimate of drug-likeness (QED) is 0.688. The minimum atomic E-state index is -1.18. The Morgan fingerprint density at radius 1 is 1.27 bits per heavy atom. The van der Waals surface area contributed by atoms with Crippen molar-refractivity contribution in [3.05, 3.63) is 29.3 Å². The number of rotatable bonds is 2. The van der Waals surface area contributed by atoms with E-state index < -0.39 is 8.24 Å². The number of fused-ring (bicyclic) bond motifs is 1. The van der Waals surface area contributed by atoms with Crippen LogP contribution in [0.2, 0.25) is 12.1 Å². The third-order valence-corrected chi connectivity index (χ3v) is 9.48. The van der Waals surface area contributed by atoms with Gasteiger partial charge in [-0.25, -0.2) is 0 Å². The average Bonchev–Trinajstić information content (AvgIpc) is 2.53. The smallest absolute Gasteiger partial charge is 0.160 e. The molecule has 0 saturated heterocycles. The van der Waals surface area contributed by atoms with E-state index in [4.69, 9.17) is 0 Å². The van der Waals surface area contributed by atoms with Crippen molar-refractivity contribution in [3.63, 3.8) is 0 Å². The highest BCUT2D eigenvalue weighted by molar-refractivity contribution is 6.83. The van der Waals surface area contributed by atoms with Gasteiger partial charge in [0.15, 0.2) is 8.24 Å². The molecule has 82 valence electrons. The molecular weight excluding hydrogens is 198 g/mol. The first-order chi connectivity index (χ1) is 7.13. The zero-order chi connectivity index (χ0) is 11.1. The predicted octanol–water partition coefficient (Wildman–Crippen LogP) is 3.51. The Hall–Kier alpha value is -0.763. The van der Waals surface area contributed by atoms with Gasteiger partial charge in [-0.05, 0) is 49.3 Å². The molecule has 1 aliphatic rings. The third kappa shape index (κ3) is 1.51. The lowest BCUT2D eigenvalue weighted by Gasteiger charge is -2.34. The Balaban J connectivity index is 2.44. The lowest BCUT2D eigenvalue weighted by Crippen LogP contribution is -2.48. The zero-order valence-electron chi connectivity index (χ0n) is 10.3. The molecule has 0 fully saturated rings. The molecule has 0 saturated carbocycles. The summed E-state index contributed by atoms with van der Waals surface area (Å²) in [6, 6.07) is 11.0. The van der Waals surface area contributed by atoms with E-state index >= 15 is 0 Å². The van der Waals surface area contributed by atoms with Crippen molar-refractivity contribution in [2.45, 2.75) is 38.9 Å². The molecule has 15 heavy (non-hydrogen) atoms. The highest BCUT2D eigenvalue weighted by Crippen LogP contribution is 2.39. The lowest BCUT2D eigenvalue weighted by molar-refractivity contribution is 1.13. The molecule has 2 rings (SSSR count). The van der Waals surface area contributed by atoms with E-state index in [1.165, 1.54) is 29.4 Å². The molecule has 0 spiro atoms. The van der Waals surface area contributed by atoms with Gasteiger partial charge in [0.2, 0.25) is 0 Å². The average molecular weight is 219 g/mol. The molecule has 1 aromatic carbocycles. The number of aryl methyl sites for hydroxylation is 1. The summed E-state index contributed by atoms with van der Waals surface area (Å²) in [4.78, 5) is 0. The number of anilines is 1. The van der Waals surface area contributed by atoms with Crippen molar-refractivity contribution in [3.8, 4) is 0 Å². The van der Waals surface area contributed by atoms with Crippen LogP contribution in [0.3, 0.4) is 0 Å². The van der Waals surface area contributed by atoms with Gasteiger partial charge in [-0.15, -0.1) is 0 Å². The van der Waals surface area contributed by atoms with Gasteiger partial charge in [0.1, 0.15) is 0 Å². The molecule has 1 aliphatic heterocycles. The largest absolute Gasteiger partial charge is 0.399 e. The molecular formula is C13H21NSi. The zero-order valence-corrected chi connectivity index (χ0v) is 11.3. The van der Waals surface area contributed by atoms with Crippen LogP contribution < -0.4 is 4.57 Å². The van der Waals surface area contributed by atoms with Crippen molar-refractivity contribution >= 4 is 13.9 Å². The van der Waals surface area contributed by atoms with E-state index in [0.717, 1.165) is 0 Å².